The maximum absolute atomic E-state index is 13.1. The predicted molar refractivity (Wildman–Crippen MR) is 69.8 cm³/mol. The largest absolute Gasteiger partial charge is 0.489 e. The Balaban J connectivity index is 2.14. The van der Waals surface area contributed by atoms with Gasteiger partial charge in [0.05, 0.1) is 0 Å². The van der Waals surface area contributed by atoms with Crippen molar-refractivity contribution in [1.82, 2.24) is 0 Å². The zero-order valence-electron chi connectivity index (χ0n) is 10.3. The maximum atomic E-state index is 13.1. The molecule has 94 valence electrons. The van der Waals surface area contributed by atoms with Crippen molar-refractivity contribution in [1.29, 1.82) is 0 Å². The van der Waals surface area contributed by atoms with Crippen LogP contribution < -0.4 is 10.5 Å². The molecule has 18 heavy (non-hydrogen) atoms. The average Bonchev–Trinajstić information content (AvgIpc) is 2.40. The van der Waals surface area contributed by atoms with E-state index in [4.69, 9.17) is 10.5 Å². The van der Waals surface area contributed by atoms with E-state index in [2.05, 4.69) is 0 Å². The summed E-state index contributed by atoms with van der Waals surface area (Å²) >= 11 is 0. The SMILES string of the molecule is Cc1ccc(F)cc1OCc1ccccc1CN. The Kier molecular flexibility index (Phi) is 3.95. The van der Waals surface area contributed by atoms with Crippen molar-refractivity contribution < 1.29 is 9.13 Å². The molecule has 0 aliphatic rings. The molecule has 3 heteroatoms. The summed E-state index contributed by atoms with van der Waals surface area (Å²) in [7, 11) is 0. The third kappa shape index (κ3) is 2.87. The maximum Gasteiger partial charge on any atom is 0.126 e. The Bertz CT molecular complexity index is 540. The van der Waals surface area contributed by atoms with E-state index >= 15 is 0 Å². The van der Waals surface area contributed by atoms with Gasteiger partial charge in [-0.2, -0.15) is 0 Å². The van der Waals surface area contributed by atoms with Crippen LogP contribution >= 0.6 is 0 Å². The van der Waals surface area contributed by atoms with Crippen molar-refractivity contribution >= 4 is 0 Å². The standard InChI is InChI=1S/C15H16FNO/c1-11-6-7-14(16)8-15(11)18-10-13-5-3-2-4-12(13)9-17/h2-8H,9-10,17H2,1H3. The van der Waals surface area contributed by atoms with Gasteiger partial charge >= 0.3 is 0 Å². The monoisotopic (exact) mass is 245 g/mol. The molecule has 0 amide bonds. The van der Waals surface area contributed by atoms with Crippen LogP contribution in [0.1, 0.15) is 16.7 Å². The molecule has 2 aromatic carbocycles. The minimum Gasteiger partial charge on any atom is -0.489 e. The molecule has 0 bridgehead atoms. The summed E-state index contributed by atoms with van der Waals surface area (Å²) < 4.78 is 18.8. The fourth-order valence-corrected chi connectivity index (χ4v) is 1.78. The summed E-state index contributed by atoms with van der Waals surface area (Å²) in [6, 6.07) is 12.4. The van der Waals surface area contributed by atoms with Crippen molar-refractivity contribution in [3.05, 3.63) is 65.0 Å². The van der Waals surface area contributed by atoms with E-state index in [9.17, 15) is 4.39 Å². The molecule has 0 saturated heterocycles. The predicted octanol–water partition coefficient (Wildman–Crippen LogP) is 3.17. The molecule has 0 radical (unpaired) electrons. The third-order valence-corrected chi connectivity index (χ3v) is 2.87. The molecule has 0 spiro atoms. The highest BCUT2D eigenvalue weighted by Gasteiger charge is 2.04. The van der Waals surface area contributed by atoms with Crippen molar-refractivity contribution in [2.45, 2.75) is 20.1 Å². The molecule has 0 unspecified atom stereocenters. The van der Waals surface area contributed by atoms with E-state index in [0.29, 0.717) is 18.9 Å². The van der Waals surface area contributed by atoms with Gasteiger partial charge in [-0.1, -0.05) is 30.3 Å². The highest BCUT2D eigenvalue weighted by Crippen LogP contribution is 2.20. The van der Waals surface area contributed by atoms with Gasteiger partial charge in [-0.25, -0.2) is 4.39 Å². The van der Waals surface area contributed by atoms with Gasteiger partial charge in [0, 0.05) is 12.6 Å². The van der Waals surface area contributed by atoms with Crippen LogP contribution in [-0.4, -0.2) is 0 Å². The minimum atomic E-state index is -0.289. The van der Waals surface area contributed by atoms with Crippen LogP contribution in [0, 0.1) is 12.7 Å². The molecule has 0 atom stereocenters. The normalized spacial score (nSPS) is 10.4. The lowest BCUT2D eigenvalue weighted by atomic mass is 10.1. The summed E-state index contributed by atoms with van der Waals surface area (Å²) in [5.74, 6) is 0.282. The van der Waals surface area contributed by atoms with Gasteiger partial charge < -0.3 is 10.5 Å². The summed E-state index contributed by atoms with van der Waals surface area (Å²) in [4.78, 5) is 0. The number of ether oxygens (including phenoxy) is 1. The van der Waals surface area contributed by atoms with E-state index in [-0.39, 0.29) is 5.82 Å². The van der Waals surface area contributed by atoms with Gasteiger partial charge in [-0.15, -0.1) is 0 Å². The number of halogens is 1. The summed E-state index contributed by atoms with van der Waals surface area (Å²) in [5, 5.41) is 0. The van der Waals surface area contributed by atoms with E-state index in [0.717, 1.165) is 16.7 Å². The zero-order chi connectivity index (χ0) is 13.0. The van der Waals surface area contributed by atoms with Crippen LogP contribution in [-0.2, 0) is 13.2 Å². The zero-order valence-corrected chi connectivity index (χ0v) is 10.3. The number of rotatable bonds is 4. The van der Waals surface area contributed by atoms with Crippen LogP contribution in [0.5, 0.6) is 5.75 Å². The molecule has 2 rings (SSSR count). The van der Waals surface area contributed by atoms with Crippen LogP contribution in [0.3, 0.4) is 0 Å². The second-order valence-electron chi connectivity index (χ2n) is 4.17. The number of nitrogens with two attached hydrogens (primary N) is 1. The number of benzene rings is 2. The summed E-state index contributed by atoms with van der Waals surface area (Å²) in [6.07, 6.45) is 0. The van der Waals surface area contributed by atoms with E-state index < -0.39 is 0 Å². The summed E-state index contributed by atoms with van der Waals surface area (Å²) in [5.41, 5.74) is 8.66. The smallest absolute Gasteiger partial charge is 0.126 e. The molecule has 2 nitrogen and oxygen atoms in total. The molecule has 2 aromatic rings. The Morgan fingerprint density at radius 3 is 2.56 bits per heavy atom. The summed E-state index contributed by atoms with van der Waals surface area (Å²) in [6.45, 7) is 2.77. The minimum absolute atomic E-state index is 0.289. The van der Waals surface area contributed by atoms with Gasteiger partial charge in [0.25, 0.3) is 0 Å². The first-order chi connectivity index (χ1) is 8.70. The third-order valence-electron chi connectivity index (χ3n) is 2.87. The molecule has 0 fully saturated rings. The van der Waals surface area contributed by atoms with Crippen molar-refractivity contribution in [3.63, 3.8) is 0 Å². The molecular formula is C15H16FNO. The van der Waals surface area contributed by atoms with Crippen LogP contribution in [0.2, 0.25) is 0 Å². The highest BCUT2D eigenvalue weighted by molar-refractivity contribution is 5.33. The van der Waals surface area contributed by atoms with Crippen LogP contribution in [0.4, 0.5) is 4.39 Å². The Morgan fingerprint density at radius 1 is 1.11 bits per heavy atom. The molecular weight excluding hydrogens is 229 g/mol. The average molecular weight is 245 g/mol. The van der Waals surface area contributed by atoms with Crippen LogP contribution in [0.15, 0.2) is 42.5 Å². The van der Waals surface area contributed by atoms with Crippen molar-refractivity contribution in [3.8, 4) is 5.75 Å². The molecule has 0 aromatic heterocycles. The fraction of sp³-hybridized carbons (Fsp3) is 0.200. The fourth-order valence-electron chi connectivity index (χ4n) is 1.78. The second kappa shape index (κ2) is 5.65. The van der Waals surface area contributed by atoms with Gasteiger partial charge in [0.15, 0.2) is 0 Å². The quantitative estimate of drug-likeness (QED) is 0.898. The first kappa shape index (κ1) is 12.6. The Morgan fingerprint density at radius 2 is 1.83 bits per heavy atom. The van der Waals surface area contributed by atoms with E-state index in [1.807, 2.05) is 31.2 Å². The number of hydrogen-bond donors (Lipinski definition) is 1. The van der Waals surface area contributed by atoms with Crippen molar-refractivity contribution in [2.24, 2.45) is 5.73 Å². The lowest BCUT2D eigenvalue weighted by Gasteiger charge is -2.11. The first-order valence-corrected chi connectivity index (χ1v) is 5.86. The van der Waals surface area contributed by atoms with E-state index in [1.54, 1.807) is 6.07 Å². The van der Waals surface area contributed by atoms with Gasteiger partial charge in [-0.05, 0) is 29.7 Å². The Hall–Kier alpha value is -1.87. The molecule has 0 heterocycles. The Labute approximate surface area is 106 Å². The first-order valence-electron chi connectivity index (χ1n) is 5.86. The number of hydrogen-bond acceptors (Lipinski definition) is 2. The van der Waals surface area contributed by atoms with Gasteiger partial charge in [-0.3, -0.25) is 0 Å². The topological polar surface area (TPSA) is 35.2 Å². The van der Waals surface area contributed by atoms with Gasteiger partial charge in [0.2, 0.25) is 0 Å². The molecule has 0 aliphatic carbocycles. The molecule has 0 aliphatic heterocycles. The second-order valence-corrected chi connectivity index (χ2v) is 4.17. The van der Waals surface area contributed by atoms with Gasteiger partial charge in [0.1, 0.15) is 18.2 Å². The molecule has 0 saturated carbocycles. The molecule has 2 N–H and O–H groups in total. The van der Waals surface area contributed by atoms with Crippen LogP contribution in [0.25, 0.3) is 0 Å². The highest BCUT2D eigenvalue weighted by atomic mass is 19.1. The van der Waals surface area contributed by atoms with Crippen molar-refractivity contribution in [2.75, 3.05) is 0 Å². The van der Waals surface area contributed by atoms with E-state index in [1.165, 1.54) is 12.1 Å². The number of aryl methyl sites for hydroxylation is 1. The lowest BCUT2D eigenvalue weighted by molar-refractivity contribution is 0.301. The lowest BCUT2D eigenvalue weighted by Crippen LogP contribution is -2.05.